The molecule has 1 rings (SSSR count). The maximum atomic E-state index is 9.25. The summed E-state index contributed by atoms with van der Waals surface area (Å²) in [7, 11) is 0. The first kappa shape index (κ1) is 11.8. The van der Waals surface area contributed by atoms with Crippen molar-refractivity contribution in [2.45, 2.75) is 13.0 Å². The Morgan fingerprint density at radius 2 is 1.87 bits per heavy atom. The molecular weight excluding hydrogens is 194 g/mol. The minimum atomic E-state index is -0.639. The van der Waals surface area contributed by atoms with Gasteiger partial charge < -0.3 is 20.3 Å². The molecule has 4 heteroatoms. The van der Waals surface area contributed by atoms with Crippen LogP contribution in [0.15, 0.2) is 24.3 Å². The SMILES string of the molecule is CCOc1ccccc1OC[C@H](O)CN. The number of aliphatic hydroxyl groups excluding tert-OH is 1. The Morgan fingerprint density at radius 3 is 2.40 bits per heavy atom. The van der Waals surface area contributed by atoms with E-state index < -0.39 is 6.10 Å². The maximum absolute atomic E-state index is 9.25. The largest absolute Gasteiger partial charge is 0.490 e. The quantitative estimate of drug-likeness (QED) is 0.730. The number of rotatable bonds is 6. The number of ether oxygens (including phenoxy) is 2. The highest BCUT2D eigenvalue weighted by Crippen LogP contribution is 2.26. The van der Waals surface area contributed by atoms with Gasteiger partial charge in [-0.15, -0.1) is 0 Å². The molecule has 1 atom stereocenters. The summed E-state index contributed by atoms with van der Waals surface area (Å²) < 4.78 is 10.8. The number of aliphatic hydroxyl groups is 1. The highest BCUT2D eigenvalue weighted by atomic mass is 16.5. The van der Waals surface area contributed by atoms with Gasteiger partial charge in [0, 0.05) is 6.54 Å². The van der Waals surface area contributed by atoms with Crippen LogP contribution in [0.2, 0.25) is 0 Å². The molecule has 0 saturated heterocycles. The fourth-order valence-electron chi connectivity index (χ4n) is 1.10. The summed E-state index contributed by atoms with van der Waals surface area (Å²) in [6.45, 7) is 2.86. The molecular formula is C11H17NO3. The van der Waals surface area contributed by atoms with Crippen molar-refractivity contribution in [2.24, 2.45) is 5.73 Å². The van der Waals surface area contributed by atoms with Crippen LogP contribution >= 0.6 is 0 Å². The molecule has 0 heterocycles. The van der Waals surface area contributed by atoms with E-state index in [0.717, 1.165) is 0 Å². The van der Waals surface area contributed by atoms with Gasteiger partial charge in [-0.05, 0) is 19.1 Å². The molecule has 15 heavy (non-hydrogen) atoms. The molecule has 0 aromatic heterocycles. The molecule has 0 saturated carbocycles. The lowest BCUT2D eigenvalue weighted by molar-refractivity contribution is 0.112. The molecule has 4 nitrogen and oxygen atoms in total. The molecule has 84 valence electrons. The molecule has 0 aliphatic heterocycles. The third-order valence-corrected chi connectivity index (χ3v) is 1.85. The van der Waals surface area contributed by atoms with Crippen LogP contribution in [-0.4, -0.2) is 31.0 Å². The van der Waals surface area contributed by atoms with E-state index in [-0.39, 0.29) is 13.2 Å². The number of benzene rings is 1. The molecule has 0 unspecified atom stereocenters. The van der Waals surface area contributed by atoms with E-state index >= 15 is 0 Å². The van der Waals surface area contributed by atoms with Crippen LogP contribution in [0.1, 0.15) is 6.92 Å². The van der Waals surface area contributed by atoms with Gasteiger partial charge in [-0.1, -0.05) is 12.1 Å². The van der Waals surface area contributed by atoms with Crippen LogP contribution in [0, 0.1) is 0 Å². The minimum absolute atomic E-state index is 0.181. The zero-order valence-corrected chi connectivity index (χ0v) is 8.85. The van der Waals surface area contributed by atoms with Crippen LogP contribution in [0.5, 0.6) is 11.5 Å². The van der Waals surface area contributed by atoms with Crippen LogP contribution in [0.25, 0.3) is 0 Å². The summed E-state index contributed by atoms with van der Waals surface area (Å²) in [4.78, 5) is 0. The van der Waals surface area contributed by atoms with Crippen molar-refractivity contribution in [3.8, 4) is 11.5 Å². The lowest BCUT2D eigenvalue weighted by Gasteiger charge is -2.13. The van der Waals surface area contributed by atoms with E-state index in [4.69, 9.17) is 15.2 Å². The molecule has 0 radical (unpaired) electrons. The second kappa shape index (κ2) is 6.27. The van der Waals surface area contributed by atoms with E-state index in [1.807, 2.05) is 25.1 Å². The van der Waals surface area contributed by atoms with E-state index in [2.05, 4.69) is 0 Å². The number of hydrogen-bond acceptors (Lipinski definition) is 4. The van der Waals surface area contributed by atoms with Gasteiger partial charge in [0.25, 0.3) is 0 Å². The predicted molar refractivity (Wildman–Crippen MR) is 58.2 cm³/mol. The predicted octanol–water partition coefficient (Wildman–Crippen LogP) is 0.784. The fourth-order valence-corrected chi connectivity index (χ4v) is 1.10. The Morgan fingerprint density at radius 1 is 1.27 bits per heavy atom. The van der Waals surface area contributed by atoms with Gasteiger partial charge in [0.15, 0.2) is 11.5 Å². The van der Waals surface area contributed by atoms with Crippen molar-refractivity contribution in [3.05, 3.63) is 24.3 Å². The summed E-state index contributed by atoms with van der Waals surface area (Å²) in [5, 5.41) is 9.25. The fraction of sp³-hybridized carbons (Fsp3) is 0.455. The molecule has 1 aromatic carbocycles. The summed E-state index contributed by atoms with van der Waals surface area (Å²) in [6, 6.07) is 7.35. The topological polar surface area (TPSA) is 64.7 Å². The molecule has 0 fully saturated rings. The third-order valence-electron chi connectivity index (χ3n) is 1.85. The highest BCUT2D eigenvalue weighted by molar-refractivity contribution is 5.39. The molecule has 0 spiro atoms. The second-order valence-corrected chi connectivity index (χ2v) is 3.08. The van der Waals surface area contributed by atoms with Crippen LogP contribution in [0.4, 0.5) is 0 Å². The van der Waals surface area contributed by atoms with Gasteiger partial charge in [-0.3, -0.25) is 0 Å². The summed E-state index contributed by atoms with van der Waals surface area (Å²) in [5.74, 6) is 1.32. The zero-order chi connectivity index (χ0) is 11.1. The van der Waals surface area contributed by atoms with Crippen molar-refractivity contribution < 1.29 is 14.6 Å². The molecule has 0 aliphatic carbocycles. The van der Waals surface area contributed by atoms with Gasteiger partial charge in [0.2, 0.25) is 0 Å². The van der Waals surface area contributed by atoms with E-state index in [0.29, 0.717) is 18.1 Å². The first-order chi connectivity index (χ1) is 7.27. The molecule has 0 bridgehead atoms. The Bertz CT molecular complexity index is 291. The smallest absolute Gasteiger partial charge is 0.161 e. The van der Waals surface area contributed by atoms with Crippen LogP contribution in [-0.2, 0) is 0 Å². The number of para-hydroxylation sites is 2. The Balaban J connectivity index is 2.58. The van der Waals surface area contributed by atoms with Crippen LogP contribution < -0.4 is 15.2 Å². The van der Waals surface area contributed by atoms with Gasteiger partial charge in [-0.2, -0.15) is 0 Å². The average molecular weight is 211 g/mol. The highest BCUT2D eigenvalue weighted by Gasteiger charge is 2.06. The lowest BCUT2D eigenvalue weighted by atomic mass is 10.3. The number of nitrogens with two attached hydrogens (primary N) is 1. The van der Waals surface area contributed by atoms with Crippen molar-refractivity contribution in [2.75, 3.05) is 19.8 Å². The van der Waals surface area contributed by atoms with Gasteiger partial charge in [0.1, 0.15) is 12.7 Å². The normalized spacial score (nSPS) is 12.2. The van der Waals surface area contributed by atoms with Gasteiger partial charge in [-0.25, -0.2) is 0 Å². The third kappa shape index (κ3) is 3.77. The minimum Gasteiger partial charge on any atom is -0.490 e. The Hall–Kier alpha value is -1.26. The lowest BCUT2D eigenvalue weighted by Crippen LogP contribution is -2.26. The maximum Gasteiger partial charge on any atom is 0.161 e. The van der Waals surface area contributed by atoms with E-state index in [1.165, 1.54) is 0 Å². The second-order valence-electron chi connectivity index (χ2n) is 3.08. The monoisotopic (exact) mass is 211 g/mol. The average Bonchev–Trinajstić information content (AvgIpc) is 2.28. The molecule has 3 N–H and O–H groups in total. The van der Waals surface area contributed by atoms with Crippen molar-refractivity contribution in [3.63, 3.8) is 0 Å². The van der Waals surface area contributed by atoms with Crippen molar-refractivity contribution >= 4 is 0 Å². The van der Waals surface area contributed by atoms with Gasteiger partial charge in [0.05, 0.1) is 6.61 Å². The first-order valence-corrected chi connectivity index (χ1v) is 5.00. The Kier molecular flexibility index (Phi) is 4.93. The molecule has 0 amide bonds. The summed E-state index contributed by atoms with van der Waals surface area (Å²) in [5.41, 5.74) is 5.27. The van der Waals surface area contributed by atoms with Crippen molar-refractivity contribution in [1.29, 1.82) is 0 Å². The number of hydrogen-bond donors (Lipinski definition) is 2. The molecule has 1 aromatic rings. The Labute approximate surface area is 89.6 Å². The molecule has 0 aliphatic rings. The van der Waals surface area contributed by atoms with E-state index in [9.17, 15) is 5.11 Å². The summed E-state index contributed by atoms with van der Waals surface area (Å²) in [6.07, 6.45) is -0.639. The van der Waals surface area contributed by atoms with Crippen molar-refractivity contribution in [1.82, 2.24) is 0 Å². The summed E-state index contributed by atoms with van der Waals surface area (Å²) >= 11 is 0. The van der Waals surface area contributed by atoms with Crippen LogP contribution in [0.3, 0.4) is 0 Å². The standard InChI is InChI=1S/C11H17NO3/c1-2-14-10-5-3-4-6-11(10)15-8-9(13)7-12/h3-6,9,13H,2,7-8,12H2,1H3/t9-/m1/s1. The van der Waals surface area contributed by atoms with E-state index in [1.54, 1.807) is 6.07 Å². The zero-order valence-electron chi connectivity index (χ0n) is 8.85. The van der Waals surface area contributed by atoms with Gasteiger partial charge >= 0.3 is 0 Å². The first-order valence-electron chi connectivity index (χ1n) is 5.00.